The van der Waals surface area contributed by atoms with Gasteiger partial charge in [-0.25, -0.2) is 24.9 Å². The highest BCUT2D eigenvalue weighted by molar-refractivity contribution is 7.26. The molecule has 8 heteroatoms. The van der Waals surface area contributed by atoms with Crippen molar-refractivity contribution < 1.29 is 4.42 Å². The molecule has 0 aliphatic rings. The van der Waals surface area contributed by atoms with Gasteiger partial charge in [0.15, 0.2) is 28.9 Å². The standard InChI is InChI=1S/C55H32N6OS.C2H6/c1-4-15-33(16-5-1)52-58-53(34-17-6-2-7-18-34)60-55(59-52)42-23-14-26-46-48(42)41-30-27-35(32-47(41)63-46)49-51-50(40-22-11-13-25-45(40)62-51)57-54(56-49)36-28-29-39-38-21-10-12-24-43(38)61(44(39)31-36)37-19-8-3-9-20-37;1-2/h1-32H;1-2H3. The molecule has 0 spiro atoms. The Bertz CT molecular complexity index is 3860. The van der Waals surface area contributed by atoms with Gasteiger partial charge in [-0.3, -0.25) is 0 Å². The second-order valence-electron chi connectivity index (χ2n) is 15.6. The number of thiophene rings is 1. The van der Waals surface area contributed by atoms with Crippen LogP contribution in [0.2, 0.25) is 0 Å². The van der Waals surface area contributed by atoms with Crippen LogP contribution in [0.4, 0.5) is 0 Å². The van der Waals surface area contributed by atoms with E-state index in [0.717, 1.165) is 86.9 Å². The first-order valence-corrected chi connectivity index (χ1v) is 22.6. The van der Waals surface area contributed by atoms with E-state index in [4.69, 9.17) is 29.3 Å². The van der Waals surface area contributed by atoms with E-state index < -0.39 is 0 Å². The average molecular weight is 855 g/mol. The summed E-state index contributed by atoms with van der Waals surface area (Å²) in [6.07, 6.45) is 0. The van der Waals surface area contributed by atoms with Gasteiger partial charge in [0.25, 0.3) is 0 Å². The van der Waals surface area contributed by atoms with Gasteiger partial charge in [0.1, 0.15) is 16.8 Å². The minimum absolute atomic E-state index is 0.629. The fourth-order valence-corrected chi connectivity index (χ4v) is 10.1. The van der Waals surface area contributed by atoms with E-state index in [9.17, 15) is 0 Å². The Balaban J connectivity index is 0.00000219. The summed E-state index contributed by atoms with van der Waals surface area (Å²) < 4.78 is 11.2. The maximum atomic E-state index is 6.61. The van der Waals surface area contributed by atoms with E-state index in [-0.39, 0.29) is 0 Å². The molecular weight excluding hydrogens is 817 g/mol. The Kier molecular flexibility index (Phi) is 9.31. The SMILES string of the molecule is CC.c1ccc(-c2nc(-c3ccccc3)nc(-c3cccc4sc5cc(-c6nc(-c7ccc8c9ccccc9n(-c9ccccc9)c8c7)nc7c6oc6ccccc67)ccc5c34)n2)cc1. The molecule has 0 amide bonds. The van der Waals surface area contributed by atoms with Crippen LogP contribution in [0.15, 0.2) is 199 Å². The summed E-state index contributed by atoms with van der Waals surface area (Å²) in [5.41, 5.74) is 11.0. The van der Waals surface area contributed by atoms with E-state index >= 15 is 0 Å². The highest BCUT2D eigenvalue weighted by atomic mass is 32.1. The van der Waals surface area contributed by atoms with Crippen molar-refractivity contribution in [1.82, 2.24) is 29.5 Å². The van der Waals surface area contributed by atoms with Crippen molar-refractivity contribution in [2.45, 2.75) is 13.8 Å². The third kappa shape index (κ3) is 6.45. The largest absolute Gasteiger partial charge is 0.452 e. The molecule has 65 heavy (non-hydrogen) atoms. The molecule has 0 aliphatic carbocycles. The molecule has 7 nitrogen and oxygen atoms in total. The highest BCUT2D eigenvalue weighted by Crippen LogP contribution is 2.43. The smallest absolute Gasteiger partial charge is 0.180 e. The van der Waals surface area contributed by atoms with Gasteiger partial charge in [0, 0.05) is 69.8 Å². The predicted molar refractivity (Wildman–Crippen MR) is 268 cm³/mol. The first-order chi connectivity index (χ1) is 32.2. The molecule has 0 radical (unpaired) electrons. The molecule has 8 aromatic carbocycles. The van der Waals surface area contributed by atoms with E-state index in [2.05, 4.69) is 120 Å². The summed E-state index contributed by atoms with van der Waals surface area (Å²) in [4.78, 5) is 25.8. The molecule has 0 atom stereocenters. The van der Waals surface area contributed by atoms with Crippen molar-refractivity contribution in [3.05, 3.63) is 194 Å². The Hall–Kier alpha value is -8.33. The predicted octanol–water partition coefficient (Wildman–Crippen LogP) is 15.4. The molecule has 0 saturated heterocycles. The van der Waals surface area contributed by atoms with E-state index in [0.29, 0.717) is 28.9 Å². The Morgan fingerprint density at radius 3 is 1.77 bits per heavy atom. The van der Waals surface area contributed by atoms with Gasteiger partial charge in [-0.1, -0.05) is 159 Å². The van der Waals surface area contributed by atoms with Crippen LogP contribution >= 0.6 is 11.3 Å². The number of hydrogen-bond donors (Lipinski definition) is 0. The Labute approximate surface area is 378 Å². The first-order valence-electron chi connectivity index (χ1n) is 21.8. The first kappa shape index (κ1) is 38.4. The molecular formula is C57H38N6OS. The zero-order valence-corrected chi connectivity index (χ0v) is 36.3. The van der Waals surface area contributed by atoms with E-state index in [1.165, 1.54) is 10.8 Å². The summed E-state index contributed by atoms with van der Waals surface area (Å²) in [6.45, 7) is 4.00. The number of hydrogen-bond acceptors (Lipinski definition) is 7. The maximum absolute atomic E-state index is 6.61. The van der Waals surface area contributed by atoms with Crippen molar-refractivity contribution in [3.8, 4) is 62.5 Å². The number of benzene rings is 8. The fraction of sp³-hybridized carbons (Fsp3) is 0.0351. The Morgan fingerprint density at radius 2 is 1.02 bits per heavy atom. The van der Waals surface area contributed by atoms with Gasteiger partial charge in [-0.2, -0.15) is 0 Å². The van der Waals surface area contributed by atoms with Gasteiger partial charge in [-0.15, -0.1) is 11.3 Å². The fourth-order valence-electron chi connectivity index (χ4n) is 8.97. The lowest BCUT2D eigenvalue weighted by molar-refractivity contribution is 0.667. The summed E-state index contributed by atoms with van der Waals surface area (Å²) in [7, 11) is 0. The summed E-state index contributed by atoms with van der Waals surface area (Å²) in [5, 5.41) is 5.54. The minimum atomic E-state index is 0.629. The van der Waals surface area contributed by atoms with Crippen LogP contribution in [0.1, 0.15) is 13.8 Å². The molecule has 0 bridgehead atoms. The lowest BCUT2D eigenvalue weighted by atomic mass is 10.0. The monoisotopic (exact) mass is 854 g/mol. The van der Waals surface area contributed by atoms with E-state index in [1.807, 2.05) is 92.7 Å². The average Bonchev–Trinajstić information content (AvgIpc) is 4.06. The quantitative estimate of drug-likeness (QED) is 0.166. The zero-order valence-electron chi connectivity index (χ0n) is 35.5. The van der Waals surface area contributed by atoms with Gasteiger partial charge in [-0.05, 0) is 48.5 Å². The lowest BCUT2D eigenvalue weighted by Gasteiger charge is -2.10. The minimum Gasteiger partial charge on any atom is -0.452 e. The zero-order chi connectivity index (χ0) is 43.4. The number of rotatable bonds is 6. The normalized spacial score (nSPS) is 11.5. The summed E-state index contributed by atoms with van der Waals surface area (Å²) >= 11 is 1.75. The lowest BCUT2D eigenvalue weighted by Crippen LogP contribution is -2.00. The molecule has 13 rings (SSSR count). The van der Waals surface area contributed by atoms with Crippen LogP contribution in [-0.4, -0.2) is 29.5 Å². The van der Waals surface area contributed by atoms with Gasteiger partial charge >= 0.3 is 0 Å². The molecule has 0 unspecified atom stereocenters. The van der Waals surface area contributed by atoms with Crippen molar-refractivity contribution in [2.24, 2.45) is 0 Å². The molecule has 0 N–H and O–H groups in total. The van der Waals surface area contributed by atoms with Crippen LogP contribution in [0.3, 0.4) is 0 Å². The topological polar surface area (TPSA) is 82.5 Å². The second-order valence-corrected chi connectivity index (χ2v) is 16.7. The second kappa shape index (κ2) is 15.8. The number of aromatic nitrogens is 6. The highest BCUT2D eigenvalue weighted by Gasteiger charge is 2.22. The molecule has 0 fully saturated rings. The molecule has 5 aromatic heterocycles. The van der Waals surface area contributed by atoms with Crippen molar-refractivity contribution in [2.75, 3.05) is 0 Å². The number of furan rings is 1. The maximum Gasteiger partial charge on any atom is 0.180 e. The molecule has 13 aromatic rings. The summed E-state index contributed by atoms with van der Waals surface area (Å²) in [6, 6.07) is 66.9. The van der Waals surface area contributed by atoms with Crippen LogP contribution in [0.25, 0.3) is 127 Å². The number of nitrogens with zero attached hydrogens (tertiary/aromatic N) is 6. The van der Waals surface area contributed by atoms with Gasteiger partial charge in [0.2, 0.25) is 0 Å². The Morgan fingerprint density at radius 1 is 0.415 bits per heavy atom. The van der Waals surface area contributed by atoms with Gasteiger partial charge < -0.3 is 8.98 Å². The number of para-hydroxylation sites is 3. The van der Waals surface area contributed by atoms with Crippen LogP contribution in [0, 0.1) is 0 Å². The van der Waals surface area contributed by atoms with E-state index in [1.54, 1.807) is 11.3 Å². The van der Waals surface area contributed by atoms with Crippen molar-refractivity contribution in [1.29, 1.82) is 0 Å². The van der Waals surface area contributed by atoms with Crippen LogP contribution in [0.5, 0.6) is 0 Å². The summed E-state index contributed by atoms with van der Waals surface area (Å²) in [5.74, 6) is 2.53. The third-order valence-electron chi connectivity index (χ3n) is 11.9. The van der Waals surface area contributed by atoms with Crippen LogP contribution < -0.4 is 0 Å². The molecule has 308 valence electrons. The molecule has 0 aliphatic heterocycles. The van der Waals surface area contributed by atoms with Gasteiger partial charge in [0.05, 0.1) is 11.0 Å². The molecule has 0 saturated carbocycles. The number of fused-ring (bicyclic) bond motifs is 9. The third-order valence-corrected chi connectivity index (χ3v) is 13.0. The molecule has 5 heterocycles. The van der Waals surface area contributed by atoms with Crippen molar-refractivity contribution in [3.63, 3.8) is 0 Å². The van der Waals surface area contributed by atoms with Crippen LogP contribution in [-0.2, 0) is 0 Å². The van der Waals surface area contributed by atoms with Crippen molar-refractivity contribution >= 4 is 75.4 Å².